The maximum atomic E-state index is 5.47. The van der Waals surface area contributed by atoms with Gasteiger partial charge in [-0.25, -0.2) is 15.0 Å². The summed E-state index contributed by atoms with van der Waals surface area (Å²) >= 11 is 0. The zero-order valence-electron chi connectivity index (χ0n) is 12.2. The largest absolute Gasteiger partial charge is 0.467 e. The lowest BCUT2D eigenvalue weighted by molar-refractivity contribution is 0.471. The van der Waals surface area contributed by atoms with Crippen LogP contribution in [0, 0.1) is 0 Å². The predicted octanol–water partition coefficient (Wildman–Crippen LogP) is 1.63. The van der Waals surface area contributed by atoms with Crippen molar-refractivity contribution in [3.05, 3.63) is 36.7 Å². The minimum absolute atomic E-state index is 0.432. The van der Waals surface area contributed by atoms with Gasteiger partial charge in [-0.15, -0.1) is 0 Å². The van der Waals surface area contributed by atoms with Gasteiger partial charge in [0, 0.05) is 6.04 Å². The Morgan fingerprint density at radius 2 is 2.27 bits per heavy atom. The van der Waals surface area contributed by atoms with Crippen molar-refractivity contribution in [2.45, 2.75) is 25.4 Å². The molecule has 0 radical (unpaired) electrons. The van der Waals surface area contributed by atoms with Gasteiger partial charge in [-0.1, -0.05) is 0 Å². The second-order valence-electron chi connectivity index (χ2n) is 5.50. The third kappa shape index (κ3) is 2.55. The average Bonchev–Trinajstić information content (AvgIpc) is 3.18. The minimum atomic E-state index is 0.432. The maximum absolute atomic E-state index is 5.47. The van der Waals surface area contributed by atoms with Crippen LogP contribution < -0.4 is 10.6 Å². The van der Waals surface area contributed by atoms with Gasteiger partial charge in [0.2, 0.25) is 5.95 Å². The van der Waals surface area contributed by atoms with Gasteiger partial charge in [0.25, 0.3) is 0 Å². The molecule has 0 spiro atoms. The smallest absolute Gasteiger partial charge is 0.205 e. The van der Waals surface area contributed by atoms with E-state index in [1.165, 1.54) is 0 Å². The molecule has 4 rings (SSSR count). The summed E-state index contributed by atoms with van der Waals surface area (Å²) < 4.78 is 7.52. The molecule has 0 aliphatic carbocycles. The van der Waals surface area contributed by atoms with Crippen molar-refractivity contribution in [1.29, 1.82) is 0 Å². The molecule has 7 heteroatoms. The molecule has 7 nitrogen and oxygen atoms in total. The van der Waals surface area contributed by atoms with Crippen LogP contribution in [0.5, 0.6) is 0 Å². The minimum Gasteiger partial charge on any atom is -0.467 e. The van der Waals surface area contributed by atoms with Crippen LogP contribution >= 0.6 is 0 Å². The number of anilines is 1. The first-order valence-corrected chi connectivity index (χ1v) is 7.56. The van der Waals surface area contributed by atoms with Gasteiger partial charge < -0.3 is 15.1 Å². The molecule has 1 saturated heterocycles. The van der Waals surface area contributed by atoms with Crippen LogP contribution in [-0.2, 0) is 6.54 Å². The molecular weight excluding hydrogens is 280 g/mol. The molecule has 114 valence electrons. The van der Waals surface area contributed by atoms with Crippen LogP contribution in [0.2, 0.25) is 0 Å². The van der Waals surface area contributed by atoms with Crippen molar-refractivity contribution in [3.63, 3.8) is 0 Å². The first kappa shape index (κ1) is 13.3. The van der Waals surface area contributed by atoms with Gasteiger partial charge in [-0.2, -0.15) is 0 Å². The fourth-order valence-corrected chi connectivity index (χ4v) is 2.84. The Kier molecular flexibility index (Phi) is 3.48. The lowest BCUT2D eigenvalue weighted by Crippen LogP contribution is -2.36. The van der Waals surface area contributed by atoms with Crippen LogP contribution in [0.1, 0.15) is 18.6 Å². The van der Waals surface area contributed by atoms with E-state index in [0.717, 1.165) is 48.8 Å². The van der Waals surface area contributed by atoms with E-state index in [0.29, 0.717) is 12.6 Å². The third-order valence-electron chi connectivity index (χ3n) is 3.98. The van der Waals surface area contributed by atoms with Gasteiger partial charge >= 0.3 is 0 Å². The Morgan fingerprint density at radius 3 is 3.09 bits per heavy atom. The van der Waals surface area contributed by atoms with E-state index < -0.39 is 0 Å². The number of nitrogens with zero attached hydrogens (tertiary/aromatic N) is 4. The molecule has 0 unspecified atom stereocenters. The number of fused-ring (bicyclic) bond motifs is 1. The highest BCUT2D eigenvalue weighted by atomic mass is 16.3. The van der Waals surface area contributed by atoms with Crippen LogP contribution in [-0.4, -0.2) is 38.7 Å². The number of rotatable bonds is 4. The lowest BCUT2D eigenvalue weighted by Gasteiger charge is -2.24. The van der Waals surface area contributed by atoms with Crippen LogP contribution in [0.3, 0.4) is 0 Å². The summed E-state index contributed by atoms with van der Waals surface area (Å²) in [6.07, 6.45) is 7.17. The Morgan fingerprint density at radius 1 is 1.36 bits per heavy atom. The summed E-state index contributed by atoms with van der Waals surface area (Å²) in [4.78, 5) is 13.1. The quantitative estimate of drug-likeness (QED) is 0.762. The number of piperidine rings is 1. The predicted molar refractivity (Wildman–Crippen MR) is 82.6 cm³/mol. The van der Waals surface area contributed by atoms with E-state index in [2.05, 4.69) is 30.2 Å². The highest BCUT2D eigenvalue weighted by molar-refractivity contribution is 5.73. The Balaban J connectivity index is 1.69. The molecule has 0 saturated carbocycles. The zero-order valence-corrected chi connectivity index (χ0v) is 12.2. The Bertz CT molecular complexity index is 745. The number of hydrogen-bond acceptors (Lipinski definition) is 6. The fourth-order valence-electron chi connectivity index (χ4n) is 2.84. The molecule has 0 bridgehead atoms. The van der Waals surface area contributed by atoms with E-state index in [9.17, 15) is 0 Å². The van der Waals surface area contributed by atoms with E-state index in [1.807, 2.05) is 12.1 Å². The highest BCUT2D eigenvalue weighted by Crippen LogP contribution is 2.21. The van der Waals surface area contributed by atoms with Gasteiger partial charge in [0.1, 0.15) is 17.6 Å². The molecule has 0 amide bonds. The topological polar surface area (TPSA) is 80.8 Å². The number of furan rings is 1. The molecule has 22 heavy (non-hydrogen) atoms. The maximum Gasteiger partial charge on any atom is 0.205 e. The van der Waals surface area contributed by atoms with Crippen molar-refractivity contribution in [3.8, 4) is 0 Å². The molecule has 3 aromatic heterocycles. The summed E-state index contributed by atoms with van der Waals surface area (Å²) in [5.41, 5.74) is 1.62. The van der Waals surface area contributed by atoms with Crippen molar-refractivity contribution in [1.82, 2.24) is 24.8 Å². The number of hydrogen-bond donors (Lipinski definition) is 2. The molecule has 0 aromatic carbocycles. The molecule has 0 atom stereocenters. The van der Waals surface area contributed by atoms with Crippen molar-refractivity contribution < 1.29 is 4.42 Å². The molecule has 1 fully saturated rings. The molecular formula is C15H18N6O. The van der Waals surface area contributed by atoms with Gasteiger partial charge in [0.05, 0.1) is 19.0 Å². The van der Waals surface area contributed by atoms with E-state index in [1.54, 1.807) is 18.8 Å². The van der Waals surface area contributed by atoms with Gasteiger partial charge in [-0.3, -0.25) is 4.57 Å². The SMILES string of the molecule is c1coc(Cn2c(NC3CCNCC3)nc3cncnc32)c1. The highest BCUT2D eigenvalue weighted by Gasteiger charge is 2.18. The average molecular weight is 298 g/mol. The normalized spacial score (nSPS) is 16.2. The van der Waals surface area contributed by atoms with E-state index in [-0.39, 0.29) is 0 Å². The first-order chi connectivity index (χ1) is 10.9. The standard InChI is InChI=1S/C15H18N6O/c1-2-12(22-7-1)9-21-14-13(8-17-10-18-14)20-15(21)19-11-3-5-16-6-4-11/h1-2,7-8,10-11,16H,3-6,9H2,(H,19,20). The van der Waals surface area contributed by atoms with E-state index >= 15 is 0 Å². The molecule has 1 aliphatic rings. The zero-order chi connectivity index (χ0) is 14.8. The molecule has 4 heterocycles. The molecule has 1 aliphatic heterocycles. The van der Waals surface area contributed by atoms with Crippen LogP contribution in [0.15, 0.2) is 35.3 Å². The second-order valence-corrected chi connectivity index (χ2v) is 5.50. The van der Waals surface area contributed by atoms with Gasteiger partial charge in [-0.05, 0) is 38.1 Å². The second kappa shape index (κ2) is 5.76. The van der Waals surface area contributed by atoms with Crippen LogP contribution in [0.25, 0.3) is 11.2 Å². The van der Waals surface area contributed by atoms with Crippen molar-refractivity contribution in [2.75, 3.05) is 18.4 Å². The van der Waals surface area contributed by atoms with Gasteiger partial charge in [0.15, 0.2) is 5.65 Å². The lowest BCUT2D eigenvalue weighted by atomic mass is 10.1. The Labute approximate surface area is 127 Å². The summed E-state index contributed by atoms with van der Waals surface area (Å²) in [5.74, 6) is 1.71. The van der Waals surface area contributed by atoms with E-state index in [4.69, 9.17) is 4.42 Å². The summed E-state index contributed by atoms with van der Waals surface area (Å²) in [6.45, 7) is 2.68. The summed E-state index contributed by atoms with van der Waals surface area (Å²) in [6, 6.07) is 4.28. The number of nitrogens with one attached hydrogen (secondary N) is 2. The Hall–Kier alpha value is -2.41. The summed E-state index contributed by atoms with van der Waals surface area (Å²) in [5, 5.41) is 6.93. The number of imidazole rings is 1. The third-order valence-corrected chi connectivity index (χ3v) is 3.98. The monoisotopic (exact) mass is 298 g/mol. The van der Waals surface area contributed by atoms with Crippen molar-refractivity contribution in [2.24, 2.45) is 0 Å². The van der Waals surface area contributed by atoms with Crippen LogP contribution in [0.4, 0.5) is 5.95 Å². The molecule has 3 aromatic rings. The molecule has 2 N–H and O–H groups in total. The number of aromatic nitrogens is 4. The fraction of sp³-hybridized carbons (Fsp3) is 0.400. The first-order valence-electron chi connectivity index (χ1n) is 7.56. The van der Waals surface area contributed by atoms with Crippen molar-refractivity contribution >= 4 is 17.1 Å². The summed E-state index contributed by atoms with van der Waals surface area (Å²) in [7, 11) is 0.